The zero-order chi connectivity index (χ0) is 17.7. The largest absolute Gasteiger partial charge is 0.497 e. The number of amides is 1. The molecule has 0 bridgehead atoms. The van der Waals surface area contributed by atoms with E-state index in [0.29, 0.717) is 26.1 Å². The highest BCUT2D eigenvalue weighted by atomic mass is 16.6. The van der Waals surface area contributed by atoms with Crippen LogP contribution in [0, 0.1) is 0 Å². The molecule has 1 aromatic carbocycles. The predicted molar refractivity (Wildman–Crippen MR) is 92.1 cm³/mol. The summed E-state index contributed by atoms with van der Waals surface area (Å²) in [6, 6.07) is 7.73. The minimum atomic E-state index is -0.530. The van der Waals surface area contributed by atoms with Crippen LogP contribution in [0.25, 0.3) is 0 Å². The van der Waals surface area contributed by atoms with E-state index in [1.165, 1.54) is 0 Å². The highest BCUT2D eigenvalue weighted by molar-refractivity contribution is 5.68. The maximum Gasteiger partial charge on any atom is 0.407 e. The summed E-state index contributed by atoms with van der Waals surface area (Å²) in [6.07, 6.45) is -0.374. The maximum absolute atomic E-state index is 11.9. The molecule has 0 saturated carbocycles. The quantitative estimate of drug-likeness (QED) is 0.882. The van der Waals surface area contributed by atoms with Gasteiger partial charge >= 0.3 is 6.09 Å². The number of nitrogens with zero attached hydrogens (tertiary/aromatic N) is 1. The van der Waals surface area contributed by atoms with Gasteiger partial charge in [0.1, 0.15) is 11.4 Å². The molecule has 2 N–H and O–H groups in total. The Kier molecular flexibility index (Phi) is 6.07. The van der Waals surface area contributed by atoms with E-state index in [-0.39, 0.29) is 6.04 Å². The van der Waals surface area contributed by atoms with E-state index in [1.54, 1.807) is 7.11 Å². The van der Waals surface area contributed by atoms with E-state index in [2.05, 4.69) is 10.2 Å². The number of ether oxygens (including phenoxy) is 2. The van der Waals surface area contributed by atoms with Gasteiger partial charge < -0.3 is 19.9 Å². The number of aliphatic hydroxyl groups is 1. The van der Waals surface area contributed by atoms with Crippen LogP contribution in [0.3, 0.4) is 0 Å². The van der Waals surface area contributed by atoms with E-state index >= 15 is 0 Å². The zero-order valence-corrected chi connectivity index (χ0v) is 14.9. The highest BCUT2D eigenvalue weighted by Gasteiger charge is 2.28. The molecular weight excluding hydrogens is 308 g/mol. The number of hydrogen-bond acceptors (Lipinski definition) is 5. The number of piperidine rings is 1. The molecule has 1 amide bonds. The van der Waals surface area contributed by atoms with Gasteiger partial charge in [-0.2, -0.15) is 0 Å². The first-order valence-electron chi connectivity index (χ1n) is 8.28. The number of methoxy groups -OCH3 is 1. The summed E-state index contributed by atoms with van der Waals surface area (Å²) in [4.78, 5) is 14.1. The van der Waals surface area contributed by atoms with Crippen LogP contribution in [0.4, 0.5) is 4.79 Å². The number of hydrogen-bond donors (Lipinski definition) is 2. The number of likely N-dealkylation sites (tertiary alicyclic amines) is 1. The molecule has 1 aromatic rings. The van der Waals surface area contributed by atoms with Gasteiger partial charge in [-0.05, 0) is 44.9 Å². The summed E-state index contributed by atoms with van der Waals surface area (Å²) >= 11 is 0. The molecule has 0 radical (unpaired) electrons. The Labute approximate surface area is 143 Å². The molecule has 6 nitrogen and oxygen atoms in total. The van der Waals surface area contributed by atoms with E-state index in [0.717, 1.165) is 11.3 Å². The molecule has 1 aliphatic heterocycles. The van der Waals surface area contributed by atoms with E-state index in [4.69, 9.17) is 9.47 Å². The SMILES string of the molecule is COc1cccc(CN2C[C@@H](O)C[C@@H](NC(=O)OC(C)(C)C)C2)c1. The smallest absolute Gasteiger partial charge is 0.407 e. The van der Waals surface area contributed by atoms with Crippen molar-refractivity contribution in [2.75, 3.05) is 20.2 Å². The van der Waals surface area contributed by atoms with Crippen LogP contribution in [0.15, 0.2) is 24.3 Å². The molecule has 2 rings (SSSR count). The van der Waals surface area contributed by atoms with Gasteiger partial charge in [0.2, 0.25) is 0 Å². The third-order valence-corrected chi connectivity index (χ3v) is 3.77. The second-order valence-electron chi connectivity index (χ2n) is 7.28. The minimum Gasteiger partial charge on any atom is -0.497 e. The van der Waals surface area contributed by atoms with Crippen LogP contribution in [0.1, 0.15) is 32.8 Å². The van der Waals surface area contributed by atoms with Crippen molar-refractivity contribution >= 4 is 6.09 Å². The van der Waals surface area contributed by atoms with Crippen molar-refractivity contribution in [3.63, 3.8) is 0 Å². The second kappa shape index (κ2) is 7.85. The lowest BCUT2D eigenvalue weighted by Crippen LogP contribution is -2.52. The van der Waals surface area contributed by atoms with Gasteiger partial charge in [0.05, 0.1) is 13.2 Å². The van der Waals surface area contributed by atoms with Crippen molar-refractivity contribution < 1.29 is 19.4 Å². The molecule has 134 valence electrons. The number of nitrogens with one attached hydrogen (secondary N) is 1. The Morgan fingerprint density at radius 1 is 1.38 bits per heavy atom. The monoisotopic (exact) mass is 336 g/mol. The molecule has 0 spiro atoms. The fraction of sp³-hybridized carbons (Fsp3) is 0.611. The lowest BCUT2D eigenvalue weighted by molar-refractivity contribution is 0.0292. The zero-order valence-electron chi connectivity index (χ0n) is 14.9. The highest BCUT2D eigenvalue weighted by Crippen LogP contribution is 2.18. The number of alkyl carbamates (subject to hydrolysis) is 1. The van der Waals surface area contributed by atoms with Crippen LogP contribution in [-0.4, -0.2) is 54.0 Å². The van der Waals surface area contributed by atoms with Crippen molar-refractivity contribution in [1.82, 2.24) is 10.2 Å². The van der Waals surface area contributed by atoms with Gasteiger partial charge in [0, 0.05) is 25.7 Å². The lowest BCUT2D eigenvalue weighted by Gasteiger charge is -2.36. The van der Waals surface area contributed by atoms with Crippen LogP contribution >= 0.6 is 0 Å². The topological polar surface area (TPSA) is 71.0 Å². The van der Waals surface area contributed by atoms with Crippen molar-refractivity contribution in [3.05, 3.63) is 29.8 Å². The number of β-amino-alcohol motifs (C(OH)–C–C–N with tert-alkyl or cyclic N) is 1. The molecular formula is C18H28N2O4. The summed E-state index contributed by atoms with van der Waals surface area (Å²) in [5.41, 5.74) is 0.581. The van der Waals surface area contributed by atoms with Gasteiger partial charge in [-0.25, -0.2) is 4.79 Å². The van der Waals surface area contributed by atoms with Gasteiger partial charge in [0.15, 0.2) is 0 Å². The average molecular weight is 336 g/mol. The molecule has 1 aliphatic rings. The molecule has 0 unspecified atom stereocenters. The van der Waals surface area contributed by atoms with Gasteiger partial charge in [0.25, 0.3) is 0 Å². The Morgan fingerprint density at radius 3 is 2.79 bits per heavy atom. The number of rotatable bonds is 4. The molecule has 6 heteroatoms. The fourth-order valence-corrected chi connectivity index (χ4v) is 2.90. The minimum absolute atomic E-state index is 0.130. The van der Waals surface area contributed by atoms with E-state index in [1.807, 2.05) is 45.0 Å². The third kappa shape index (κ3) is 6.02. The molecule has 24 heavy (non-hydrogen) atoms. The number of carbonyl (C=O) groups is 1. The van der Waals surface area contributed by atoms with Crippen molar-refractivity contribution in [3.8, 4) is 5.75 Å². The molecule has 0 aliphatic carbocycles. The second-order valence-corrected chi connectivity index (χ2v) is 7.28. The number of benzene rings is 1. The van der Waals surface area contributed by atoms with Crippen molar-refractivity contribution in [2.45, 2.75) is 51.5 Å². The molecule has 2 atom stereocenters. The summed E-state index contributed by atoms with van der Waals surface area (Å²) in [7, 11) is 1.64. The molecule has 1 heterocycles. The van der Waals surface area contributed by atoms with Crippen molar-refractivity contribution in [2.24, 2.45) is 0 Å². The van der Waals surface area contributed by atoms with Gasteiger partial charge in [-0.15, -0.1) is 0 Å². The van der Waals surface area contributed by atoms with E-state index < -0.39 is 17.8 Å². The first kappa shape index (κ1) is 18.5. The van der Waals surface area contributed by atoms with Crippen LogP contribution in [0.5, 0.6) is 5.75 Å². The molecule has 1 fully saturated rings. The normalized spacial score (nSPS) is 22.0. The lowest BCUT2D eigenvalue weighted by atomic mass is 10.0. The Balaban J connectivity index is 1.93. The fourth-order valence-electron chi connectivity index (χ4n) is 2.90. The predicted octanol–water partition coefficient (Wildman–Crippen LogP) is 2.16. The number of carbonyl (C=O) groups excluding carboxylic acids is 1. The summed E-state index contributed by atoms with van der Waals surface area (Å²) in [5, 5.41) is 13.0. The van der Waals surface area contributed by atoms with E-state index in [9.17, 15) is 9.90 Å². The first-order valence-corrected chi connectivity index (χ1v) is 8.28. The van der Waals surface area contributed by atoms with Crippen LogP contribution in [-0.2, 0) is 11.3 Å². The third-order valence-electron chi connectivity index (χ3n) is 3.77. The first-order chi connectivity index (χ1) is 11.2. The average Bonchev–Trinajstić information content (AvgIpc) is 2.44. The summed E-state index contributed by atoms with van der Waals surface area (Å²) in [6.45, 7) is 7.45. The van der Waals surface area contributed by atoms with Crippen LogP contribution in [0.2, 0.25) is 0 Å². The maximum atomic E-state index is 11.9. The Hall–Kier alpha value is -1.79. The standard InChI is InChI=1S/C18H28N2O4/c1-18(2,3)24-17(22)19-14-9-15(21)12-20(11-14)10-13-6-5-7-16(8-13)23-4/h5-8,14-15,21H,9-12H2,1-4H3,(H,19,22)/t14-,15+/m1/s1. The number of aliphatic hydroxyl groups excluding tert-OH is 1. The Bertz CT molecular complexity index is 556. The van der Waals surface area contributed by atoms with Crippen molar-refractivity contribution in [1.29, 1.82) is 0 Å². The van der Waals surface area contributed by atoms with Gasteiger partial charge in [-0.3, -0.25) is 4.90 Å². The summed E-state index contributed by atoms with van der Waals surface area (Å²) < 4.78 is 10.5. The summed E-state index contributed by atoms with van der Waals surface area (Å²) in [5.74, 6) is 0.813. The van der Waals surface area contributed by atoms with Gasteiger partial charge in [-0.1, -0.05) is 12.1 Å². The molecule has 0 aromatic heterocycles. The van der Waals surface area contributed by atoms with Crippen LogP contribution < -0.4 is 10.1 Å². The molecule has 1 saturated heterocycles. The Morgan fingerprint density at radius 2 is 2.12 bits per heavy atom.